The van der Waals surface area contributed by atoms with Crippen LogP contribution in [0.1, 0.15) is 26.7 Å². The Hall–Kier alpha value is -1.69. The molecule has 1 amide bonds. The fourth-order valence-corrected chi connectivity index (χ4v) is 2.29. The topological polar surface area (TPSA) is 68.5 Å². The van der Waals surface area contributed by atoms with Gasteiger partial charge in [-0.15, -0.1) is 0 Å². The van der Waals surface area contributed by atoms with Gasteiger partial charge in [0, 0.05) is 32.0 Å². The number of rotatable bonds is 4. The molecule has 0 bridgehead atoms. The molecule has 1 aromatic heterocycles. The molecule has 2 rings (SSSR count). The van der Waals surface area contributed by atoms with Crippen molar-refractivity contribution in [3.8, 4) is 5.88 Å². The number of halogens is 1. The first kappa shape index (κ1) is 15.7. The molecule has 0 saturated carbocycles. The third-order valence-corrected chi connectivity index (χ3v) is 3.74. The predicted octanol–water partition coefficient (Wildman–Crippen LogP) is 1.57. The van der Waals surface area contributed by atoms with Gasteiger partial charge in [-0.2, -0.15) is 0 Å². The van der Waals surface area contributed by atoms with Crippen molar-refractivity contribution >= 4 is 5.91 Å². The molecule has 21 heavy (non-hydrogen) atoms. The van der Waals surface area contributed by atoms with Crippen LogP contribution in [0.2, 0.25) is 0 Å². The first-order valence-electron chi connectivity index (χ1n) is 7.30. The number of carbonyl (C=O) groups excluding carboxylic acids is 1. The van der Waals surface area contributed by atoms with Gasteiger partial charge in [-0.25, -0.2) is 9.37 Å². The van der Waals surface area contributed by atoms with Crippen molar-refractivity contribution in [1.29, 1.82) is 0 Å². The lowest BCUT2D eigenvalue weighted by Gasteiger charge is -2.34. The van der Waals surface area contributed by atoms with E-state index in [0.29, 0.717) is 19.0 Å². The summed E-state index contributed by atoms with van der Waals surface area (Å²) in [6.45, 7) is 5.15. The fourth-order valence-electron chi connectivity index (χ4n) is 2.29. The summed E-state index contributed by atoms with van der Waals surface area (Å²) in [6, 6.07) is 2.39. The van der Waals surface area contributed by atoms with E-state index in [1.807, 2.05) is 13.8 Å². The van der Waals surface area contributed by atoms with Gasteiger partial charge in [-0.1, -0.05) is 13.8 Å². The lowest BCUT2D eigenvalue weighted by atomic mass is 10.0. The summed E-state index contributed by atoms with van der Waals surface area (Å²) in [5, 5.41) is 0. The molecule has 1 aliphatic heterocycles. The van der Waals surface area contributed by atoms with Gasteiger partial charge >= 0.3 is 0 Å². The van der Waals surface area contributed by atoms with E-state index >= 15 is 0 Å². The Labute approximate surface area is 124 Å². The molecule has 5 nitrogen and oxygen atoms in total. The van der Waals surface area contributed by atoms with Crippen molar-refractivity contribution in [1.82, 2.24) is 9.88 Å². The molecule has 2 N–H and O–H groups in total. The van der Waals surface area contributed by atoms with E-state index in [0.717, 1.165) is 19.0 Å². The smallest absolute Gasteiger partial charge is 0.239 e. The number of nitrogens with zero attached hydrogens (tertiary/aromatic N) is 2. The molecule has 0 aromatic carbocycles. The third kappa shape index (κ3) is 4.14. The van der Waals surface area contributed by atoms with E-state index in [4.69, 9.17) is 10.5 Å². The zero-order valence-electron chi connectivity index (χ0n) is 12.5. The average Bonchev–Trinajstić information content (AvgIpc) is 2.49. The first-order valence-corrected chi connectivity index (χ1v) is 7.30. The van der Waals surface area contributed by atoms with Gasteiger partial charge in [0.1, 0.15) is 11.9 Å². The van der Waals surface area contributed by atoms with E-state index < -0.39 is 6.04 Å². The van der Waals surface area contributed by atoms with Crippen LogP contribution in [-0.2, 0) is 4.79 Å². The predicted molar refractivity (Wildman–Crippen MR) is 77.2 cm³/mol. The zero-order chi connectivity index (χ0) is 15.4. The number of likely N-dealkylation sites (tertiary alicyclic amines) is 1. The molecule has 0 unspecified atom stereocenters. The highest BCUT2D eigenvalue weighted by Crippen LogP contribution is 2.18. The summed E-state index contributed by atoms with van der Waals surface area (Å²) in [4.78, 5) is 17.8. The standard InChI is InChI=1S/C15H22FN3O2/c1-10(2)14(17)15(20)19-7-5-12(6-8-19)21-13-4-3-11(16)9-18-13/h3-4,9-10,12,14H,5-8,17H2,1-2H3/t14-/m0/s1. The van der Waals surface area contributed by atoms with Crippen molar-refractivity contribution in [2.45, 2.75) is 38.8 Å². The monoisotopic (exact) mass is 295 g/mol. The second-order valence-corrected chi connectivity index (χ2v) is 5.73. The number of nitrogens with two attached hydrogens (primary N) is 1. The highest BCUT2D eigenvalue weighted by atomic mass is 19.1. The van der Waals surface area contributed by atoms with Crippen LogP contribution >= 0.6 is 0 Å². The second-order valence-electron chi connectivity index (χ2n) is 5.73. The molecule has 6 heteroatoms. The molecular weight excluding hydrogens is 273 g/mol. The number of hydrogen-bond donors (Lipinski definition) is 1. The Kier molecular flexibility index (Phi) is 5.12. The fraction of sp³-hybridized carbons (Fsp3) is 0.600. The van der Waals surface area contributed by atoms with Crippen LogP contribution in [0.15, 0.2) is 18.3 Å². The largest absolute Gasteiger partial charge is 0.474 e. The Balaban J connectivity index is 1.83. The molecule has 1 aliphatic rings. The number of carbonyl (C=O) groups is 1. The van der Waals surface area contributed by atoms with Crippen LogP contribution in [0.25, 0.3) is 0 Å². The van der Waals surface area contributed by atoms with Gasteiger partial charge in [0.2, 0.25) is 11.8 Å². The summed E-state index contributed by atoms with van der Waals surface area (Å²) in [5.41, 5.74) is 5.90. The van der Waals surface area contributed by atoms with Gasteiger partial charge in [-0.05, 0) is 12.0 Å². The zero-order valence-corrected chi connectivity index (χ0v) is 12.5. The number of ether oxygens (including phenoxy) is 1. The number of pyridine rings is 1. The minimum atomic E-state index is -0.443. The van der Waals surface area contributed by atoms with Crippen molar-refractivity contribution in [2.75, 3.05) is 13.1 Å². The first-order chi connectivity index (χ1) is 9.97. The van der Waals surface area contributed by atoms with Gasteiger partial charge in [0.15, 0.2) is 0 Å². The quantitative estimate of drug-likeness (QED) is 0.915. The van der Waals surface area contributed by atoms with E-state index in [1.165, 1.54) is 12.1 Å². The number of hydrogen-bond acceptors (Lipinski definition) is 4. The summed E-state index contributed by atoms with van der Waals surface area (Å²) in [6.07, 6.45) is 2.60. The highest BCUT2D eigenvalue weighted by Gasteiger charge is 2.28. The summed E-state index contributed by atoms with van der Waals surface area (Å²) in [5.74, 6) is 0.170. The summed E-state index contributed by atoms with van der Waals surface area (Å²) in [7, 11) is 0. The Morgan fingerprint density at radius 1 is 1.43 bits per heavy atom. The summed E-state index contributed by atoms with van der Waals surface area (Å²) < 4.78 is 18.5. The minimum Gasteiger partial charge on any atom is -0.474 e. The maximum atomic E-state index is 12.8. The van der Waals surface area contributed by atoms with Crippen LogP contribution in [0, 0.1) is 11.7 Å². The van der Waals surface area contributed by atoms with Gasteiger partial charge in [-0.3, -0.25) is 4.79 Å². The van der Waals surface area contributed by atoms with Crippen molar-refractivity contribution < 1.29 is 13.9 Å². The third-order valence-electron chi connectivity index (χ3n) is 3.74. The molecule has 116 valence electrons. The second kappa shape index (κ2) is 6.85. The van der Waals surface area contributed by atoms with E-state index in [9.17, 15) is 9.18 Å². The maximum absolute atomic E-state index is 12.8. The molecular formula is C15H22FN3O2. The van der Waals surface area contributed by atoms with Gasteiger partial charge in [0.25, 0.3) is 0 Å². The normalized spacial score (nSPS) is 17.9. The van der Waals surface area contributed by atoms with Crippen molar-refractivity contribution in [2.24, 2.45) is 11.7 Å². The molecule has 1 saturated heterocycles. The molecule has 1 aromatic rings. The van der Waals surface area contributed by atoms with Crippen molar-refractivity contribution in [3.05, 3.63) is 24.1 Å². The minimum absolute atomic E-state index is 0.00212. The van der Waals surface area contributed by atoms with E-state index in [1.54, 1.807) is 4.90 Å². The van der Waals surface area contributed by atoms with E-state index in [-0.39, 0.29) is 23.7 Å². The molecule has 0 radical (unpaired) electrons. The Morgan fingerprint density at radius 2 is 2.10 bits per heavy atom. The SMILES string of the molecule is CC(C)[C@H](N)C(=O)N1CCC(Oc2ccc(F)cn2)CC1. The highest BCUT2D eigenvalue weighted by molar-refractivity contribution is 5.82. The lowest BCUT2D eigenvalue weighted by molar-refractivity contribution is -0.135. The molecule has 2 heterocycles. The van der Waals surface area contributed by atoms with Gasteiger partial charge in [0.05, 0.1) is 12.2 Å². The maximum Gasteiger partial charge on any atom is 0.239 e. The van der Waals surface area contributed by atoms with Crippen LogP contribution in [0.5, 0.6) is 5.88 Å². The Morgan fingerprint density at radius 3 is 2.62 bits per heavy atom. The molecule has 0 spiro atoms. The van der Waals surface area contributed by atoms with Crippen LogP contribution in [-0.4, -0.2) is 41.0 Å². The summed E-state index contributed by atoms with van der Waals surface area (Å²) >= 11 is 0. The number of aromatic nitrogens is 1. The average molecular weight is 295 g/mol. The van der Waals surface area contributed by atoms with Gasteiger partial charge < -0.3 is 15.4 Å². The Bertz CT molecular complexity index is 470. The number of amides is 1. The van der Waals surface area contributed by atoms with E-state index in [2.05, 4.69) is 4.98 Å². The van der Waals surface area contributed by atoms with Crippen molar-refractivity contribution in [3.63, 3.8) is 0 Å². The van der Waals surface area contributed by atoms with Crippen LogP contribution in [0.4, 0.5) is 4.39 Å². The number of piperidine rings is 1. The van der Waals surface area contributed by atoms with Crippen LogP contribution < -0.4 is 10.5 Å². The molecule has 1 fully saturated rings. The molecule has 0 aliphatic carbocycles. The van der Waals surface area contributed by atoms with Crippen LogP contribution in [0.3, 0.4) is 0 Å². The lowest BCUT2D eigenvalue weighted by Crippen LogP contribution is -2.50. The molecule has 1 atom stereocenters.